The van der Waals surface area contributed by atoms with Gasteiger partial charge in [-0.2, -0.15) is 5.10 Å². The van der Waals surface area contributed by atoms with Crippen LogP contribution in [0.25, 0.3) is 0 Å². The zero-order valence-electron chi connectivity index (χ0n) is 15.0. The lowest BCUT2D eigenvalue weighted by molar-refractivity contribution is 0.0954. The first kappa shape index (κ1) is 18.8. The molecule has 2 aromatic carbocycles. The first-order chi connectivity index (χ1) is 13.1. The van der Waals surface area contributed by atoms with Crippen molar-refractivity contribution in [2.45, 2.75) is 6.92 Å². The lowest BCUT2D eigenvalue weighted by atomic mass is 10.2. The molecule has 0 atom stereocenters. The lowest BCUT2D eigenvalue weighted by Crippen LogP contribution is -2.18. The summed E-state index contributed by atoms with van der Waals surface area (Å²) in [5.74, 6) is 1.75. The van der Waals surface area contributed by atoms with E-state index in [9.17, 15) is 4.79 Å². The number of benzene rings is 2. The minimum Gasteiger partial charge on any atom is -0.493 e. The van der Waals surface area contributed by atoms with Crippen LogP contribution < -0.4 is 24.4 Å². The minimum atomic E-state index is -0.378. The molecule has 0 aliphatic carbocycles. The summed E-state index contributed by atoms with van der Waals surface area (Å²) in [5.41, 5.74) is 3.54. The predicted octanol–water partition coefficient (Wildman–Crippen LogP) is 3.28. The maximum atomic E-state index is 12.3. The Bertz CT molecular complexity index is 869. The number of amides is 1. The molecule has 1 aliphatic heterocycles. The fourth-order valence-electron chi connectivity index (χ4n) is 2.52. The van der Waals surface area contributed by atoms with Gasteiger partial charge in [-0.1, -0.05) is 11.6 Å². The highest BCUT2D eigenvalue weighted by molar-refractivity contribution is 6.32. The van der Waals surface area contributed by atoms with Gasteiger partial charge in [-0.25, -0.2) is 5.43 Å². The molecule has 1 N–H and O–H groups in total. The fraction of sp³-hybridized carbons (Fsp3) is 0.263. The highest BCUT2D eigenvalue weighted by Gasteiger charge is 2.16. The Morgan fingerprint density at radius 2 is 2.07 bits per heavy atom. The maximum Gasteiger partial charge on any atom is 0.271 e. The summed E-state index contributed by atoms with van der Waals surface area (Å²) in [4.78, 5) is 12.3. The summed E-state index contributed by atoms with van der Waals surface area (Å²) in [7, 11) is 1.52. The number of nitrogens with one attached hydrogen (secondary N) is 1. The fourth-order valence-corrected chi connectivity index (χ4v) is 2.79. The monoisotopic (exact) mass is 390 g/mol. The third-order valence-corrected chi connectivity index (χ3v) is 4.01. The molecule has 0 unspecified atom stereocenters. The van der Waals surface area contributed by atoms with E-state index in [-0.39, 0.29) is 5.91 Å². The van der Waals surface area contributed by atoms with Crippen molar-refractivity contribution in [3.05, 3.63) is 46.5 Å². The number of hydrazone groups is 1. The van der Waals surface area contributed by atoms with E-state index in [1.165, 1.54) is 13.3 Å². The van der Waals surface area contributed by atoms with Crippen molar-refractivity contribution in [2.75, 3.05) is 26.9 Å². The van der Waals surface area contributed by atoms with E-state index < -0.39 is 0 Å². The molecule has 1 aliphatic rings. The Morgan fingerprint density at radius 1 is 1.26 bits per heavy atom. The van der Waals surface area contributed by atoms with E-state index in [1.807, 2.05) is 6.92 Å². The second kappa shape index (κ2) is 8.64. The van der Waals surface area contributed by atoms with Crippen molar-refractivity contribution in [1.29, 1.82) is 0 Å². The summed E-state index contributed by atoms with van der Waals surface area (Å²) in [6.07, 6.45) is 1.48. The summed E-state index contributed by atoms with van der Waals surface area (Å²) in [6.45, 7) is 3.30. The van der Waals surface area contributed by atoms with Crippen LogP contribution in [0.5, 0.6) is 23.0 Å². The molecule has 0 saturated heterocycles. The molecule has 27 heavy (non-hydrogen) atoms. The van der Waals surface area contributed by atoms with Crippen molar-refractivity contribution in [2.24, 2.45) is 5.10 Å². The summed E-state index contributed by atoms with van der Waals surface area (Å²) < 4.78 is 21.7. The van der Waals surface area contributed by atoms with Crippen molar-refractivity contribution in [3.8, 4) is 23.0 Å². The number of rotatable bonds is 6. The average Bonchev–Trinajstić information content (AvgIpc) is 2.68. The normalized spacial score (nSPS) is 12.7. The second-order valence-electron chi connectivity index (χ2n) is 5.52. The molecule has 2 aromatic rings. The van der Waals surface area contributed by atoms with Crippen LogP contribution in [0.2, 0.25) is 5.02 Å². The molecule has 0 aromatic heterocycles. The van der Waals surface area contributed by atoms with Gasteiger partial charge in [-0.15, -0.1) is 0 Å². The molecule has 1 heterocycles. The quantitative estimate of drug-likeness (QED) is 0.605. The van der Waals surface area contributed by atoms with Crippen LogP contribution in [0.4, 0.5) is 0 Å². The molecule has 0 fully saturated rings. The Labute approximate surface area is 161 Å². The van der Waals surface area contributed by atoms with Crippen molar-refractivity contribution < 1.29 is 23.7 Å². The van der Waals surface area contributed by atoms with Gasteiger partial charge in [-0.3, -0.25) is 4.79 Å². The molecule has 0 bridgehead atoms. The number of methoxy groups -OCH3 is 1. The van der Waals surface area contributed by atoms with Crippen LogP contribution in [0, 0.1) is 0 Å². The third-order valence-electron chi connectivity index (χ3n) is 3.72. The van der Waals surface area contributed by atoms with Gasteiger partial charge in [0.2, 0.25) is 0 Å². The Balaban J connectivity index is 1.69. The van der Waals surface area contributed by atoms with Gasteiger partial charge < -0.3 is 18.9 Å². The maximum absolute atomic E-state index is 12.3. The Morgan fingerprint density at radius 3 is 2.85 bits per heavy atom. The number of carbonyl (C=O) groups excluding carboxylic acids is 1. The average molecular weight is 391 g/mol. The van der Waals surface area contributed by atoms with Gasteiger partial charge in [0.1, 0.15) is 13.2 Å². The molecular weight excluding hydrogens is 372 g/mol. The molecule has 0 radical (unpaired) electrons. The van der Waals surface area contributed by atoms with Crippen molar-refractivity contribution in [1.82, 2.24) is 5.43 Å². The zero-order valence-corrected chi connectivity index (χ0v) is 15.7. The largest absolute Gasteiger partial charge is 0.493 e. The summed E-state index contributed by atoms with van der Waals surface area (Å²) >= 11 is 6.18. The third kappa shape index (κ3) is 4.43. The van der Waals surface area contributed by atoms with E-state index in [0.29, 0.717) is 59.0 Å². The second-order valence-corrected chi connectivity index (χ2v) is 5.93. The number of hydrogen-bond donors (Lipinski definition) is 1. The van der Waals surface area contributed by atoms with Crippen LogP contribution in [0.3, 0.4) is 0 Å². The molecule has 8 heteroatoms. The highest BCUT2D eigenvalue weighted by Crippen LogP contribution is 2.37. The lowest BCUT2D eigenvalue weighted by Gasteiger charge is -2.19. The Kier molecular flexibility index (Phi) is 6.03. The highest BCUT2D eigenvalue weighted by atomic mass is 35.5. The van der Waals surface area contributed by atoms with Gasteiger partial charge in [-0.05, 0) is 42.8 Å². The number of halogens is 1. The minimum absolute atomic E-state index is 0.378. The number of fused-ring (bicyclic) bond motifs is 1. The first-order valence-electron chi connectivity index (χ1n) is 8.35. The van der Waals surface area contributed by atoms with Gasteiger partial charge in [0.25, 0.3) is 5.91 Å². The standard InChI is InChI=1S/C19H19ClN2O5/c1-3-25-15-5-4-13(10-16(15)24-2)19(23)22-21-11-12-8-14(20)18-17(9-12)26-6-7-27-18/h4-5,8-11H,3,6-7H2,1-2H3,(H,22,23)/b21-11-. The van der Waals surface area contributed by atoms with E-state index in [4.69, 9.17) is 30.5 Å². The molecule has 7 nitrogen and oxygen atoms in total. The van der Waals surface area contributed by atoms with E-state index in [1.54, 1.807) is 30.3 Å². The van der Waals surface area contributed by atoms with Crippen LogP contribution >= 0.6 is 11.6 Å². The van der Waals surface area contributed by atoms with Crippen molar-refractivity contribution in [3.63, 3.8) is 0 Å². The van der Waals surface area contributed by atoms with Crippen LogP contribution in [0.1, 0.15) is 22.8 Å². The topological polar surface area (TPSA) is 78.4 Å². The Hall–Kier alpha value is -2.93. The summed E-state index contributed by atoms with van der Waals surface area (Å²) in [6, 6.07) is 8.35. The van der Waals surface area contributed by atoms with Gasteiger partial charge in [0.15, 0.2) is 23.0 Å². The predicted molar refractivity (Wildman–Crippen MR) is 102 cm³/mol. The zero-order chi connectivity index (χ0) is 19.2. The molecule has 3 rings (SSSR count). The molecule has 0 saturated carbocycles. The molecular formula is C19H19ClN2O5. The molecule has 0 spiro atoms. The smallest absolute Gasteiger partial charge is 0.271 e. The van der Waals surface area contributed by atoms with E-state index in [2.05, 4.69) is 10.5 Å². The van der Waals surface area contributed by atoms with Crippen LogP contribution in [-0.2, 0) is 0 Å². The van der Waals surface area contributed by atoms with Crippen LogP contribution in [-0.4, -0.2) is 39.1 Å². The number of carbonyl (C=O) groups is 1. The molecule has 142 valence electrons. The number of hydrogen-bond acceptors (Lipinski definition) is 6. The van der Waals surface area contributed by atoms with Gasteiger partial charge >= 0.3 is 0 Å². The number of nitrogens with zero attached hydrogens (tertiary/aromatic N) is 1. The SMILES string of the molecule is CCOc1ccc(C(=O)N/N=C\c2cc(Cl)c3c(c2)OCCO3)cc1OC. The van der Waals surface area contributed by atoms with E-state index >= 15 is 0 Å². The van der Waals surface area contributed by atoms with Gasteiger partial charge in [0, 0.05) is 5.56 Å². The van der Waals surface area contributed by atoms with Crippen molar-refractivity contribution >= 4 is 23.7 Å². The van der Waals surface area contributed by atoms with Crippen LogP contribution in [0.15, 0.2) is 35.4 Å². The number of ether oxygens (including phenoxy) is 4. The van der Waals surface area contributed by atoms with Gasteiger partial charge in [0.05, 0.1) is 25.0 Å². The first-order valence-corrected chi connectivity index (χ1v) is 8.73. The van der Waals surface area contributed by atoms with E-state index in [0.717, 1.165) is 0 Å². The molecule has 1 amide bonds. The summed E-state index contributed by atoms with van der Waals surface area (Å²) in [5, 5.41) is 4.40.